The Balaban J connectivity index is 1.34. The van der Waals surface area contributed by atoms with Gasteiger partial charge in [0.15, 0.2) is 0 Å². The number of imidazole rings is 1. The van der Waals surface area contributed by atoms with E-state index in [9.17, 15) is 0 Å². The van der Waals surface area contributed by atoms with Crippen molar-refractivity contribution >= 4 is 16.7 Å². The molecule has 2 aromatic rings. The van der Waals surface area contributed by atoms with Crippen LogP contribution in [0.1, 0.15) is 58.8 Å². The lowest BCUT2D eigenvalue weighted by Gasteiger charge is -2.57. The van der Waals surface area contributed by atoms with Gasteiger partial charge in [-0.2, -0.15) is 0 Å². The van der Waals surface area contributed by atoms with Gasteiger partial charge in [-0.3, -0.25) is 0 Å². The number of benzene rings is 1. The standard InChI is InChI=1S/C27H34N2O/c1-26-14-12-19(30-3)16-18(26)8-9-20-21-10-11-25(27(21,2)15-13-22(20)26)29-17-28-23-6-4-5-7-24(23)29/h4-8,11,17,19-22H,9-10,12-16H2,1-3H3/t19-,20?,21?,22?,26-,27?/m0/s1. The summed E-state index contributed by atoms with van der Waals surface area (Å²) >= 11 is 0. The normalized spacial score (nSPS) is 40.4. The van der Waals surface area contributed by atoms with Crippen molar-refractivity contribution in [2.45, 2.75) is 64.9 Å². The summed E-state index contributed by atoms with van der Waals surface area (Å²) in [6.45, 7) is 5.13. The molecule has 0 spiro atoms. The number of methoxy groups -OCH3 is 1. The van der Waals surface area contributed by atoms with Gasteiger partial charge in [0.2, 0.25) is 0 Å². The minimum atomic E-state index is 0.260. The molecule has 0 N–H and O–H groups in total. The number of hydrogen-bond acceptors (Lipinski definition) is 2. The number of aromatic nitrogens is 2. The van der Waals surface area contributed by atoms with Crippen molar-refractivity contribution in [3.8, 4) is 0 Å². The van der Waals surface area contributed by atoms with Crippen LogP contribution in [0.4, 0.5) is 0 Å². The Hall–Kier alpha value is -1.87. The Bertz CT molecular complexity index is 1050. The van der Waals surface area contributed by atoms with Crippen LogP contribution in [0.2, 0.25) is 0 Å². The van der Waals surface area contributed by atoms with E-state index in [4.69, 9.17) is 9.72 Å². The van der Waals surface area contributed by atoms with Crippen molar-refractivity contribution in [2.24, 2.45) is 28.6 Å². The molecular formula is C27H34N2O. The highest BCUT2D eigenvalue weighted by Gasteiger charge is 2.57. The first kappa shape index (κ1) is 18.9. The minimum Gasteiger partial charge on any atom is -0.381 e. The molecule has 6 atom stereocenters. The molecule has 2 fully saturated rings. The molecule has 0 aliphatic heterocycles. The Morgan fingerprint density at radius 3 is 2.70 bits per heavy atom. The first-order valence-corrected chi connectivity index (χ1v) is 11.9. The molecule has 1 aromatic carbocycles. The van der Waals surface area contributed by atoms with Gasteiger partial charge in [0.1, 0.15) is 6.33 Å². The predicted molar refractivity (Wildman–Crippen MR) is 122 cm³/mol. The molecule has 4 aliphatic rings. The Morgan fingerprint density at radius 1 is 1.00 bits per heavy atom. The second kappa shape index (κ2) is 6.56. The highest BCUT2D eigenvalue weighted by molar-refractivity contribution is 5.80. The van der Waals surface area contributed by atoms with Gasteiger partial charge in [-0.15, -0.1) is 0 Å². The van der Waals surface area contributed by atoms with Crippen molar-refractivity contribution < 1.29 is 4.74 Å². The van der Waals surface area contributed by atoms with Crippen molar-refractivity contribution in [1.29, 1.82) is 0 Å². The molecule has 6 rings (SSSR count). The Kier molecular flexibility index (Phi) is 4.13. The van der Waals surface area contributed by atoms with Gasteiger partial charge in [-0.05, 0) is 80.2 Å². The molecule has 0 amide bonds. The van der Waals surface area contributed by atoms with Crippen molar-refractivity contribution in [2.75, 3.05) is 7.11 Å². The van der Waals surface area contributed by atoms with E-state index in [1.165, 1.54) is 49.7 Å². The molecule has 158 valence electrons. The van der Waals surface area contributed by atoms with Gasteiger partial charge >= 0.3 is 0 Å². The van der Waals surface area contributed by atoms with Crippen LogP contribution < -0.4 is 0 Å². The Morgan fingerprint density at radius 2 is 1.83 bits per heavy atom. The summed E-state index contributed by atoms with van der Waals surface area (Å²) in [7, 11) is 1.89. The maximum Gasteiger partial charge on any atom is 0.100 e. The van der Waals surface area contributed by atoms with Crippen LogP contribution in [0.25, 0.3) is 16.7 Å². The molecule has 30 heavy (non-hydrogen) atoms. The quantitative estimate of drug-likeness (QED) is 0.539. The number of fused-ring (bicyclic) bond motifs is 6. The lowest BCUT2D eigenvalue weighted by Crippen LogP contribution is -2.50. The van der Waals surface area contributed by atoms with Gasteiger partial charge < -0.3 is 9.30 Å². The predicted octanol–water partition coefficient (Wildman–Crippen LogP) is 6.46. The van der Waals surface area contributed by atoms with E-state index >= 15 is 0 Å². The van der Waals surface area contributed by atoms with E-state index in [-0.39, 0.29) is 5.41 Å². The molecule has 4 aliphatic carbocycles. The maximum atomic E-state index is 5.74. The molecule has 4 unspecified atom stereocenters. The van der Waals surface area contributed by atoms with Crippen molar-refractivity contribution in [3.05, 3.63) is 48.3 Å². The highest BCUT2D eigenvalue weighted by Crippen LogP contribution is 2.65. The summed E-state index contributed by atoms with van der Waals surface area (Å²) in [6, 6.07) is 8.57. The highest BCUT2D eigenvalue weighted by atomic mass is 16.5. The summed E-state index contributed by atoms with van der Waals surface area (Å²) in [4.78, 5) is 4.69. The van der Waals surface area contributed by atoms with Crippen LogP contribution in [0, 0.1) is 28.6 Å². The average molecular weight is 403 g/mol. The molecular weight excluding hydrogens is 368 g/mol. The van der Waals surface area contributed by atoms with Crippen LogP contribution in [0.15, 0.2) is 48.3 Å². The zero-order chi connectivity index (χ0) is 20.5. The first-order valence-electron chi connectivity index (χ1n) is 11.9. The molecule has 0 saturated heterocycles. The van der Waals surface area contributed by atoms with E-state index < -0.39 is 0 Å². The van der Waals surface area contributed by atoms with Gasteiger partial charge in [0.05, 0.1) is 17.1 Å². The third kappa shape index (κ3) is 2.45. The van der Waals surface area contributed by atoms with Crippen LogP contribution in [-0.2, 0) is 4.74 Å². The van der Waals surface area contributed by atoms with E-state index in [2.05, 4.69) is 61.2 Å². The van der Waals surface area contributed by atoms with Crippen LogP contribution in [-0.4, -0.2) is 22.8 Å². The monoisotopic (exact) mass is 402 g/mol. The molecule has 0 radical (unpaired) electrons. The molecule has 2 saturated carbocycles. The number of ether oxygens (including phenoxy) is 1. The maximum absolute atomic E-state index is 5.74. The van der Waals surface area contributed by atoms with Crippen LogP contribution in [0.3, 0.4) is 0 Å². The molecule has 0 bridgehead atoms. The summed E-state index contributed by atoms with van der Waals surface area (Å²) in [6.07, 6.45) is 16.5. The fraction of sp³-hybridized carbons (Fsp3) is 0.593. The molecule has 1 heterocycles. The third-order valence-electron chi connectivity index (χ3n) is 9.65. The summed E-state index contributed by atoms with van der Waals surface area (Å²) in [5, 5.41) is 0. The van der Waals surface area contributed by atoms with Gasteiger partial charge in [-0.25, -0.2) is 4.98 Å². The average Bonchev–Trinajstić information content (AvgIpc) is 3.33. The van der Waals surface area contributed by atoms with E-state index in [1.54, 1.807) is 5.57 Å². The van der Waals surface area contributed by atoms with Crippen molar-refractivity contribution in [3.63, 3.8) is 0 Å². The van der Waals surface area contributed by atoms with Gasteiger partial charge in [-0.1, -0.05) is 43.7 Å². The number of para-hydroxylation sites is 2. The fourth-order valence-corrected chi connectivity index (χ4v) is 7.90. The van der Waals surface area contributed by atoms with Gasteiger partial charge in [0, 0.05) is 18.2 Å². The lowest BCUT2D eigenvalue weighted by molar-refractivity contribution is -0.0311. The lowest BCUT2D eigenvalue weighted by atomic mass is 9.48. The number of allylic oxidation sites excluding steroid dienone is 3. The second-order valence-electron chi connectivity index (χ2n) is 10.7. The first-order chi connectivity index (χ1) is 14.5. The zero-order valence-electron chi connectivity index (χ0n) is 18.6. The molecule has 3 nitrogen and oxygen atoms in total. The smallest absolute Gasteiger partial charge is 0.100 e. The summed E-state index contributed by atoms with van der Waals surface area (Å²) in [5.74, 6) is 2.39. The summed E-state index contributed by atoms with van der Waals surface area (Å²) < 4.78 is 8.13. The number of rotatable bonds is 2. The van der Waals surface area contributed by atoms with E-state index in [1.807, 2.05) is 7.11 Å². The number of nitrogens with zero attached hydrogens (tertiary/aromatic N) is 2. The van der Waals surface area contributed by atoms with Crippen molar-refractivity contribution in [1.82, 2.24) is 9.55 Å². The minimum absolute atomic E-state index is 0.260. The fourth-order valence-electron chi connectivity index (χ4n) is 7.90. The summed E-state index contributed by atoms with van der Waals surface area (Å²) in [5.41, 5.74) is 6.22. The van der Waals surface area contributed by atoms with E-state index in [0.29, 0.717) is 11.5 Å². The van der Waals surface area contributed by atoms with Crippen LogP contribution >= 0.6 is 0 Å². The molecule has 3 heteroatoms. The topological polar surface area (TPSA) is 27.1 Å². The second-order valence-corrected chi connectivity index (χ2v) is 10.7. The van der Waals surface area contributed by atoms with Crippen LogP contribution in [0.5, 0.6) is 0 Å². The Labute approximate surface area is 180 Å². The van der Waals surface area contributed by atoms with Gasteiger partial charge in [0.25, 0.3) is 0 Å². The third-order valence-corrected chi connectivity index (χ3v) is 9.65. The SMILES string of the molecule is CO[C@H]1CC[C@@]2(C)C(=CCC3C4CC=C(n5cnc6ccccc65)C4(C)CCC32)C1. The largest absolute Gasteiger partial charge is 0.381 e. The number of hydrogen-bond donors (Lipinski definition) is 0. The zero-order valence-corrected chi connectivity index (χ0v) is 18.6. The van der Waals surface area contributed by atoms with E-state index in [0.717, 1.165) is 29.7 Å². The molecule has 1 aromatic heterocycles.